The Kier molecular flexibility index (Phi) is 5.11. The first-order valence-electron chi connectivity index (χ1n) is 9.84. The SMILES string of the molecule is O=C(c1ccccc1)c1sc(NCCc2ccc3c(c2)OCO3)nc1C1=CCCO1. The molecule has 2 aromatic carbocycles. The second-order valence-corrected chi connectivity index (χ2v) is 7.96. The van der Waals surface area contributed by atoms with Crippen LogP contribution in [0.1, 0.15) is 32.9 Å². The van der Waals surface area contributed by atoms with Gasteiger partial charge in [0.05, 0.1) is 6.61 Å². The van der Waals surface area contributed by atoms with Gasteiger partial charge in [0.25, 0.3) is 0 Å². The summed E-state index contributed by atoms with van der Waals surface area (Å²) < 4.78 is 16.5. The van der Waals surface area contributed by atoms with E-state index < -0.39 is 0 Å². The number of fused-ring (bicyclic) bond motifs is 1. The van der Waals surface area contributed by atoms with Crippen LogP contribution in [0.5, 0.6) is 11.5 Å². The molecule has 6 nitrogen and oxygen atoms in total. The van der Waals surface area contributed by atoms with E-state index in [1.807, 2.05) is 54.6 Å². The second-order valence-electron chi connectivity index (χ2n) is 6.96. The number of hydrogen-bond donors (Lipinski definition) is 1. The van der Waals surface area contributed by atoms with Crippen LogP contribution in [0, 0.1) is 0 Å². The molecular formula is C23H20N2O4S. The Bertz CT molecular complexity index is 1110. The van der Waals surface area contributed by atoms with Crippen molar-refractivity contribution in [3.8, 4) is 11.5 Å². The van der Waals surface area contributed by atoms with E-state index in [2.05, 4.69) is 10.3 Å². The van der Waals surface area contributed by atoms with Crippen molar-refractivity contribution in [1.29, 1.82) is 0 Å². The molecule has 0 saturated carbocycles. The molecule has 0 amide bonds. The van der Waals surface area contributed by atoms with Crippen molar-refractivity contribution in [1.82, 2.24) is 4.98 Å². The number of anilines is 1. The molecule has 0 spiro atoms. The highest BCUT2D eigenvalue weighted by Crippen LogP contribution is 2.34. The standard InChI is InChI=1S/C23H20N2O4S/c26-21(16-5-2-1-3-6-16)22-20(18-7-4-12-27-18)25-23(30-22)24-11-10-15-8-9-17-19(13-15)29-14-28-17/h1-3,5-9,13H,4,10-12,14H2,(H,24,25). The maximum absolute atomic E-state index is 13.1. The Morgan fingerprint density at radius 3 is 2.77 bits per heavy atom. The van der Waals surface area contributed by atoms with Gasteiger partial charge in [-0.05, 0) is 30.2 Å². The third-order valence-corrected chi connectivity index (χ3v) is 5.95. The van der Waals surface area contributed by atoms with E-state index in [-0.39, 0.29) is 12.6 Å². The number of hydrogen-bond acceptors (Lipinski definition) is 7. The fourth-order valence-corrected chi connectivity index (χ4v) is 4.39. The minimum absolute atomic E-state index is 0.0386. The number of ketones is 1. The summed E-state index contributed by atoms with van der Waals surface area (Å²) in [5.41, 5.74) is 2.41. The van der Waals surface area contributed by atoms with Crippen molar-refractivity contribution in [2.24, 2.45) is 0 Å². The molecule has 0 unspecified atom stereocenters. The summed E-state index contributed by atoms with van der Waals surface area (Å²) in [7, 11) is 0. The van der Waals surface area contributed by atoms with Gasteiger partial charge in [0.1, 0.15) is 16.3 Å². The minimum atomic E-state index is -0.0386. The van der Waals surface area contributed by atoms with Crippen LogP contribution in [0.4, 0.5) is 5.13 Å². The largest absolute Gasteiger partial charge is 0.491 e. The number of carbonyl (C=O) groups excluding carboxylic acids is 1. The van der Waals surface area contributed by atoms with Gasteiger partial charge in [-0.15, -0.1) is 0 Å². The summed E-state index contributed by atoms with van der Waals surface area (Å²) in [6.45, 7) is 1.58. The van der Waals surface area contributed by atoms with Crippen LogP contribution < -0.4 is 14.8 Å². The molecule has 3 aromatic rings. The van der Waals surface area contributed by atoms with Gasteiger partial charge < -0.3 is 19.5 Å². The Balaban J connectivity index is 1.33. The van der Waals surface area contributed by atoms with Gasteiger partial charge in [-0.1, -0.05) is 47.7 Å². The summed E-state index contributed by atoms with van der Waals surface area (Å²) in [5.74, 6) is 2.22. The number of nitrogens with one attached hydrogen (secondary N) is 1. The van der Waals surface area contributed by atoms with Crippen molar-refractivity contribution >= 4 is 28.0 Å². The normalized spacial score (nSPS) is 14.3. The van der Waals surface area contributed by atoms with Gasteiger partial charge in [0.2, 0.25) is 12.6 Å². The summed E-state index contributed by atoms with van der Waals surface area (Å²) in [4.78, 5) is 18.3. The van der Waals surface area contributed by atoms with Gasteiger partial charge in [0.15, 0.2) is 16.6 Å². The summed E-state index contributed by atoms with van der Waals surface area (Å²) in [6, 6.07) is 15.2. The molecule has 2 aliphatic rings. The molecule has 30 heavy (non-hydrogen) atoms. The zero-order valence-electron chi connectivity index (χ0n) is 16.2. The van der Waals surface area contributed by atoms with E-state index in [9.17, 15) is 4.79 Å². The van der Waals surface area contributed by atoms with E-state index in [0.29, 0.717) is 40.2 Å². The number of aromatic nitrogens is 1. The number of nitrogens with zero attached hydrogens (tertiary/aromatic N) is 1. The molecule has 0 fully saturated rings. The average Bonchev–Trinajstić information content (AvgIpc) is 3.53. The lowest BCUT2D eigenvalue weighted by molar-refractivity contribution is 0.104. The third kappa shape index (κ3) is 3.76. The first-order valence-corrected chi connectivity index (χ1v) is 10.7. The highest BCUT2D eigenvalue weighted by atomic mass is 32.1. The van der Waals surface area contributed by atoms with Gasteiger partial charge in [-0.3, -0.25) is 4.79 Å². The van der Waals surface area contributed by atoms with E-state index >= 15 is 0 Å². The van der Waals surface area contributed by atoms with Gasteiger partial charge >= 0.3 is 0 Å². The molecule has 0 aliphatic carbocycles. The molecule has 152 valence electrons. The van der Waals surface area contributed by atoms with Crippen molar-refractivity contribution in [2.75, 3.05) is 25.3 Å². The zero-order chi connectivity index (χ0) is 20.3. The highest BCUT2D eigenvalue weighted by molar-refractivity contribution is 7.17. The summed E-state index contributed by atoms with van der Waals surface area (Å²) >= 11 is 1.37. The minimum Gasteiger partial charge on any atom is -0.491 e. The molecule has 0 atom stereocenters. The van der Waals surface area contributed by atoms with Crippen LogP contribution in [0.2, 0.25) is 0 Å². The van der Waals surface area contributed by atoms with E-state index in [1.54, 1.807) is 0 Å². The van der Waals surface area contributed by atoms with Crippen molar-refractivity contribution in [3.63, 3.8) is 0 Å². The average molecular weight is 420 g/mol. The molecule has 5 rings (SSSR count). The molecular weight excluding hydrogens is 400 g/mol. The van der Waals surface area contributed by atoms with Crippen molar-refractivity contribution in [3.05, 3.63) is 76.3 Å². The zero-order valence-corrected chi connectivity index (χ0v) is 17.0. The second kappa shape index (κ2) is 8.20. The quantitative estimate of drug-likeness (QED) is 0.567. The van der Waals surface area contributed by atoms with Crippen LogP contribution in [0.25, 0.3) is 5.76 Å². The first-order chi connectivity index (χ1) is 14.8. The molecule has 0 bridgehead atoms. The molecule has 1 aromatic heterocycles. The molecule has 0 radical (unpaired) electrons. The topological polar surface area (TPSA) is 69.7 Å². The molecule has 2 aliphatic heterocycles. The Hall–Kier alpha value is -3.32. The third-order valence-electron chi connectivity index (χ3n) is 4.93. The van der Waals surface area contributed by atoms with E-state index in [0.717, 1.165) is 29.9 Å². The fourth-order valence-electron chi connectivity index (χ4n) is 3.43. The number of ether oxygens (including phenoxy) is 3. The maximum atomic E-state index is 13.1. The predicted octanol–water partition coefficient (Wildman–Crippen LogP) is 4.52. The monoisotopic (exact) mass is 420 g/mol. The van der Waals surface area contributed by atoms with Crippen LogP contribution in [0.3, 0.4) is 0 Å². The number of carbonyl (C=O) groups is 1. The lowest BCUT2D eigenvalue weighted by atomic mass is 10.1. The molecule has 1 N–H and O–H groups in total. The fraction of sp³-hybridized carbons (Fsp3) is 0.217. The van der Waals surface area contributed by atoms with E-state index in [1.165, 1.54) is 11.3 Å². The lowest BCUT2D eigenvalue weighted by Gasteiger charge is -2.04. The van der Waals surface area contributed by atoms with E-state index in [4.69, 9.17) is 14.2 Å². The molecule has 3 heterocycles. The van der Waals surface area contributed by atoms with Gasteiger partial charge in [-0.2, -0.15) is 0 Å². The number of rotatable bonds is 7. The lowest BCUT2D eigenvalue weighted by Crippen LogP contribution is -2.04. The van der Waals surface area contributed by atoms with Crippen LogP contribution >= 0.6 is 11.3 Å². The molecule has 7 heteroatoms. The van der Waals surface area contributed by atoms with Gasteiger partial charge in [0, 0.05) is 18.5 Å². The highest BCUT2D eigenvalue weighted by Gasteiger charge is 2.24. The smallest absolute Gasteiger partial charge is 0.231 e. The van der Waals surface area contributed by atoms with Crippen LogP contribution in [-0.4, -0.2) is 30.7 Å². The van der Waals surface area contributed by atoms with Crippen molar-refractivity contribution < 1.29 is 19.0 Å². The number of thiazole rings is 1. The first kappa shape index (κ1) is 18.7. The van der Waals surface area contributed by atoms with Crippen LogP contribution in [-0.2, 0) is 11.2 Å². The van der Waals surface area contributed by atoms with Gasteiger partial charge in [-0.25, -0.2) is 4.98 Å². The van der Waals surface area contributed by atoms with Crippen molar-refractivity contribution in [2.45, 2.75) is 12.8 Å². The molecule has 0 saturated heterocycles. The maximum Gasteiger partial charge on any atom is 0.231 e. The summed E-state index contributed by atoms with van der Waals surface area (Å²) in [6.07, 6.45) is 3.62. The summed E-state index contributed by atoms with van der Waals surface area (Å²) in [5, 5.41) is 4.06. The predicted molar refractivity (Wildman–Crippen MR) is 115 cm³/mol. The Morgan fingerprint density at radius 2 is 1.93 bits per heavy atom. The van der Waals surface area contributed by atoms with Crippen LogP contribution in [0.15, 0.2) is 54.6 Å². The Labute approximate surface area is 178 Å². The number of benzene rings is 2. The Morgan fingerprint density at radius 1 is 1.07 bits per heavy atom.